The maximum Gasteiger partial charge on any atom is 0.410 e. The Balaban J connectivity index is 1.38. The first-order valence-electron chi connectivity index (χ1n) is 8.31. The lowest BCUT2D eigenvalue weighted by Crippen LogP contribution is -2.33. The molecule has 1 heterocycles. The Morgan fingerprint density at radius 1 is 1.17 bits per heavy atom. The molecule has 1 aliphatic heterocycles. The van der Waals surface area contributed by atoms with Crippen LogP contribution >= 0.6 is 0 Å². The van der Waals surface area contributed by atoms with Gasteiger partial charge in [0.05, 0.1) is 7.11 Å². The number of fused-ring (bicyclic) bond motifs is 1. The van der Waals surface area contributed by atoms with E-state index in [1.165, 1.54) is 5.56 Å². The molecule has 0 N–H and O–H groups in total. The minimum absolute atomic E-state index is 0.123. The molecule has 2 unspecified atom stereocenters. The van der Waals surface area contributed by atoms with E-state index >= 15 is 0 Å². The molecule has 0 bridgehead atoms. The zero-order chi connectivity index (χ0) is 16.6. The van der Waals surface area contributed by atoms with E-state index < -0.39 is 0 Å². The third-order valence-electron chi connectivity index (χ3n) is 5.27. The Morgan fingerprint density at radius 3 is 2.62 bits per heavy atom. The predicted molar refractivity (Wildman–Crippen MR) is 91.0 cm³/mol. The first-order chi connectivity index (χ1) is 11.7. The minimum atomic E-state index is -0.209. The van der Waals surface area contributed by atoms with Crippen LogP contribution in [0.25, 0.3) is 0 Å². The number of likely N-dealkylation sites (tertiary alicyclic amines) is 1. The molecule has 24 heavy (non-hydrogen) atoms. The smallest absolute Gasteiger partial charge is 0.410 e. The quantitative estimate of drug-likeness (QED) is 0.863. The summed E-state index contributed by atoms with van der Waals surface area (Å²) in [5.41, 5.74) is 2.43. The van der Waals surface area contributed by atoms with Crippen molar-refractivity contribution in [1.82, 2.24) is 4.90 Å². The van der Waals surface area contributed by atoms with Crippen LogP contribution in [0, 0.1) is 5.92 Å². The van der Waals surface area contributed by atoms with E-state index in [9.17, 15) is 4.79 Å². The molecule has 4 rings (SSSR count). The number of benzene rings is 2. The van der Waals surface area contributed by atoms with Gasteiger partial charge in [-0.05, 0) is 35.6 Å². The van der Waals surface area contributed by atoms with Crippen molar-refractivity contribution < 1.29 is 14.3 Å². The molecule has 4 nitrogen and oxygen atoms in total. The second-order valence-corrected chi connectivity index (χ2v) is 6.71. The minimum Gasteiger partial charge on any atom is -0.497 e. The SMILES string of the molecule is COc1ccc(C23CC2CN(C(=O)OCc2ccccc2)C3)cc1. The van der Waals surface area contributed by atoms with Crippen molar-refractivity contribution >= 4 is 6.09 Å². The average molecular weight is 323 g/mol. The second kappa shape index (κ2) is 5.86. The highest BCUT2D eigenvalue weighted by Crippen LogP contribution is 2.59. The molecule has 0 radical (unpaired) electrons. The molecule has 1 amide bonds. The zero-order valence-corrected chi connectivity index (χ0v) is 13.8. The highest BCUT2D eigenvalue weighted by Gasteiger charge is 2.61. The van der Waals surface area contributed by atoms with Gasteiger partial charge in [0.1, 0.15) is 12.4 Å². The Bertz CT molecular complexity index is 728. The number of hydrogen-bond acceptors (Lipinski definition) is 3. The summed E-state index contributed by atoms with van der Waals surface area (Å²) in [6, 6.07) is 18.0. The molecule has 2 fully saturated rings. The standard InChI is InChI=1S/C20H21NO3/c1-23-18-9-7-16(8-10-18)20-11-17(20)12-21(14-20)19(22)24-13-15-5-3-2-4-6-15/h2-10,17H,11-14H2,1H3. The van der Waals surface area contributed by atoms with Crippen LogP contribution in [0.2, 0.25) is 0 Å². The molecule has 0 spiro atoms. The maximum absolute atomic E-state index is 12.3. The highest BCUT2D eigenvalue weighted by molar-refractivity contribution is 5.69. The summed E-state index contributed by atoms with van der Waals surface area (Å²) in [7, 11) is 1.67. The van der Waals surface area contributed by atoms with E-state index in [-0.39, 0.29) is 11.5 Å². The van der Waals surface area contributed by atoms with Crippen LogP contribution in [0.5, 0.6) is 5.75 Å². The molecule has 1 saturated carbocycles. The zero-order valence-electron chi connectivity index (χ0n) is 13.8. The first-order valence-corrected chi connectivity index (χ1v) is 8.31. The lowest BCUT2D eigenvalue weighted by Gasteiger charge is -2.21. The maximum atomic E-state index is 12.3. The van der Waals surface area contributed by atoms with E-state index in [1.807, 2.05) is 47.4 Å². The van der Waals surface area contributed by atoms with Crippen LogP contribution in [-0.2, 0) is 16.8 Å². The summed E-state index contributed by atoms with van der Waals surface area (Å²) >= 11 is 0. The molecular weight excluding hydrogens is 302 g/mol. The predicted octanol–water partition coefficient (Wildman–Crippen LogP) is 3.61. The van der Waals surface area contributed by atoms with Crippen molar-refractivity contribution in [2.45, 2.75) is 18.4 Å². The van der Waals surface area contributed by atoms with E-state index in [0.29, 0.717) is 12.5 Å². The van der Waals surface area contributed by atoms with Crippen molar-refractivity contribution in [3.05, 3.63) is 65.7 Å². The van der Waals surface area contributed by atoms with Crippen molar-refractivity contribution in [2.24, 2.45) is 5.92 Å². The lowest BCUT2D eigenvalue weighted by atomic mass is 9.95. The van der Waals surface area contributed by atoms with Gasteiger partial charge < -0.3 is 14.4 Å². The topological polar surface area (TPSA) is 38.8 Å². The highest BCUT2D eigenvalue weighted by atomic mass is 16.6. The summed E-state index contributed by atoms with van der Waals surface area (Å²) in [5, 5.41) is 0. The van der Waals surface area contributed by atoms with Crippen LogP contribution in [0.1, 0.15) is 17.5 Å². The van der Waals surface area contributed by atoms with Crippen LogP contribution in [0.15, 0.2) is 54.6 Å². The Labute approximate surface area is 142 Å². The third-order valence-corrected chi connectivity index (χ3v) is 5.27. The van der Waals surface area contributed by atoms with Crippen molar-refractivity contribution in [3.8, 4) is 5.75 Å². The van der Waals surface area contributed by atoms with Crippen LogP contribution in [-0.4, -0.2) is 31.2 Å². The molecule has 0 aromatic heterocycles. The van der Waals surface area contributed by atoms with Gasteiger partial charge in [0.25, 0.3) is 0 Å². The number of carbonyl (C=O) groups is 1. The van der Waals surface area contributed by atoms with Gasteiger partial charge >= 0.3 is 6.09 Å². The summed E-state index contributed by atoms with van der Waals surface area (Å²) in [4.78, 5) is 14.2. The summed E-state index contributed by atoms with van der Waals surface area (Å²) in [6.07, 6.45) is 0.945. The molecule has 2 aliphatic rings. The van der Waals surface area contributed by atoms with Gasteiger partial charge in [-0.3, -0.25) is 0 Å². The van der Waals surface area contributed by atoms with Gasteiger partial charge in [-0.25, -0.2) is 4.79 Å². The van der Waals surface area contributed by atoms with Gasteiger partial charge in [0.2, 0.25) is 0 Å². The normalized spacial score (nSPS) is 24.4. The number of nitrogens with zero attached hydrogens (tertiary/aromatic N) is 1. The van der Waals surface area contributed by atoms with Crippen molar-refractivity contribution in [2.75, 3.05) is 20.2 Å². The van der Waals surface area contributed by atoms with E-state index in [4.69, 9.17) is 9.47 Å². The van der Waals surface area contributed by atoms with Crippen LogP contribution in [0.4, 0.5) is 4.79 Å². The molecule has 1 aliphatic carbocycles. The molecule has 2 aromatic rings. The third kappa shape index (κ3) is 2.62. The van der Waals surface area contributed by atoms with Crippen LogP contribution in [0.3, 0.4) is 0 Å². The van der Waals surface area contributed by atoms with Crippen LogP contribution < -0.4 is 4.74 Å². The first kappa shape index (κ1) is 15.1. The fraction of sp³-hybridized carbons (Fsp3) is 0.350. The van der Waals surface area contributed by atoms with Gasteiger partial charge in [-0.15, -0.1) is 0 Å². The average Bonchev–Trinajstić information content (AvgIpc) is 3.22. The fourth-order valence-electron chi connectivity index (χ4n) is 3.80. The molecule has 2 aromatic carbocycles. The molecule has 1 saturated heterocycles. The van der Waals surface area contributed by atoms with Crippen molar-refractivity contribution in [3.63, 3.8) is 0 Å². The van der Waals surface area contributed by atoms with Gasteiger partial charge in [0, 0.05) is 18.5 Å². The van der Waals surface area contributed by atoms with Gasteiger partial charge in [0.15, 0.2) is 0 Å². The Hall–Kier alpha value is -2.49. The number of methoxy groups -OCH3 is 1. The van der Waals surface area contributed by atoms with Crippen molar-refractivity contribution in [1.29, 1.82) is 0 Å². The number of carbonyl (C=O) groups excluding carboxylic acids is 1. The number of amides is 1. The monoisotopic (exact) mass is 323 g/mol. The van der Waals surface area contributed by atoms with E-state index in [1.54, 1.807) is 7.11 Å². The molecule has 124 valence electrons. The van der Waals surface area contributed by atoms with Gasteiger partial charge in [-0.1, -0.05) is 42.5 Å². The largest absolute Gasteiger partial charge is 0.497 e. The van der Waals surface area contributed by atoms with E-state index in [2.05, 4.69) is 12.1 Å². The number of hydrogen-bond donors (Lipinski definition) is 0. The number of rotatable bonds is 4. The molecule has 4 heteroatoms. The fourth-order valence-corrected chi connectivity index (χ4v) is 3.80. The van der Waals surface area contributed by atoms with E-state index in [0.717, 1.165) is 30.8 Å². The number of piperidine rings is 1. The molecule has 2 atom stereocenters. The number of ether oxygens (including phenoxy) is 2. The Kier molecular flexibility index (Phi) is 3.68. The lowest BCUT2D eigenvalue weighted by molar-refractivity contribution is 0.0997. The second-order valence-electron chi connectivity index (χ2n) is 6.71. The summed E-state index contributed by atoms with van der Waals surface area (Å²) in [5.74, 6) is 1.42. The van der Waals surface area contributed by atoms with Gasteiger partial charge in [-0.2, -0.15) is 0 Å². The summed E-state index contributed by atoms with van der Waals surface area (Å²) < 4.78 is 10.7. The summed E-state index contributed by atoms with van der Waals surface area (Å²) in [6.45, 7) is 1.87. The molecular formula is C20H21NO3. The Morgan fingerprint density at radius 2 is 1.92 bits per heavy atom.